The van der Waals surface area contributed by atoms with Crippen LogP contribution in [-0.4, -0.2) is 0 Å². The normalized spacial score (nSPS) is 8.39. The first-order valence-corrected chi connectivity index (χ1v) is 7.25. The Hall–Kier alpha value is -1.04. The fraction of sp³-hybridized carbons (Fsp3) is 0.556. The average Bonchev–Trinajstić information content (AvgIpc) is 2.43. The van der Waals surface area contributed by atoms with Crippen molar-refractivity contribution in [3.05, 3.63) is 49.1 Å². The van der Waals surface area contributed by atoms with Crippen molar-refractivity contribution in [3.63, 3.8) is 0 Å². The standard InChI is InChI=1S/C10H16.C4H8.2C2H6/c1-4-5-6-7-8-9-10(2)3;1-3-4-2;2*1-2/h5-8H,2,4,9H2,1,3H3;3H,1,4H2,2H3;2*1-2H3/b6-5-,8-7-;;;. The van der Waals surface area contributed by atoms with Crippen LogP contribution in [-0.2, 0) is 0 Å². The van der Waals surface area contributed by atoms with Crippen molar-refractivity contribution in [1.82, 2.24) is 0 Å². The summed E-state index contributed by atoms with van der Waals surface area (Å²) in [6, 6.07) is 0. The summed E-state index contributed by atoms with van der Waals surface area (Å²) in [5, 5.41) is 0. The molecule has 0 saturated heterocycles. The topological polar surface area (TPSA) is 0 Å². The highest BCUT2D eigenvalue weighted by Gasteiger charge is 1.75. The fourth-order valence-corrected chi connectivity index (χ4v) is 0.562. The third-order valence-electron chi connectivity index (χ3n) is 1.37. The maximum atomic E-state index is 3.80. The molecule has 0 aliphatic rings. The lowest BCUT2D eigenvalue weighted by Gasteiger charge is -1.86. The van der Waals surface area contributed by atoms with Gasteiger partial charge in [-0.15, -0.1) is 6.58 Å². The fourth-order valence-electron chi connectivity index (χ4n) is 0.562. The van der Waals surface area contributed by atoms with Crippen LogP contribution >= 0.6 is 0 Å². The van der Waals surface area contributed by atoms with E-state index in [-0.39, 0.29) is 0 Å². The molecule has 0 spiro atoms. The predicted molar refractivity (Wildman–Crippen MR) is 91.2 cm³/mol. The molecule has 0 aromatic carbocycles. The highest BCUT2D eigenvalue weighted by molar-refractivity contribution is 5.06. The molecular weight excluding hydrogens is 216 g/mol. The van der Waals surface area contributed by atoms with Crippen LogP contribution in [0.15, 0.2) is 49.1 Å². The van der Waals surface area contributed by atoms with E-state index in [1.165, 1.54) is 5.57 Å². The van der Waals surface area contributed by atoms with E-state index in [0.717, 1.165) is 19.3 Å². The Bertz CT molecular complexity index is 182. The molecule has 0 aromatic rings. The highest BCUT2D eigenvalue weighted by Crippen LogP contribution is 1.95. The lowest BCUT2D eigenvalue weighted by atomic mass is 10.2. The quantitative estimate of drug-likeness (QED) is 0.361. The zero-order chi connectivity index (χ0) is 15.2. The molecule has 0 aliphatic heterocycles. The molecule has 0 aliphatic carbocycles. The van der Waals surface area contributed by atoms with Gasteiger partial charge < -0.3 is 0 Å². The number of rotatable bonds is 5. The van der Waals surface area contributed by atoms with Gasteiger partial charge in [0.25, 0.3) is 0 Å². The summed E-state index contributed by atoms with van der Waals surface area (Å²) in [5.74, 6) is 0. The maximum Gasteiger partial charge on any atom is -0.0141 e. The van der Waals surface area contributed by atoms with Crippen LogP contribution in [0.4, 0.5) is 0 Å². The molecule has 0 saturated carbocycles. The van der Waals surface area contributed by atoms with Crippen molar-refractivity contribution in [2.45, 2.75) is 67.7 Å². The van der Waals surface area contributed by atoms with Crippen molar-refractivity contribution in [2.75, 3.05) is 0 Å². The first-order chi connectivity index (χ1) is 8.68. The van der Waals surface area contributed by atoms with Crippen molar-refractivity contribution >= 4 is 0 Å². The molecule has 0 heteroatoms. The molecule has 0 amide bonds. The summed E-state index contributed by atoms with van der Waals surface area (Å²) < 4.78 is 0. The van der Waals surface area contributed by atoms with Crippen molar-refractivity contribution in [2.24, 2.45) is 0 Å². The van der Waals surface area contributed by atoms with E-state index in [1.54, 1.807) is 0 Å². The van der Waals surface area contributed by atoms with E-state index >= 15 is 0 Å². The van der Waals surface area contributed by atoms with E-state index < -0.39 is 0 Å². The molecule has 0 radical (unpaired) electrons. The van der Waals surface area contributed by atoms with Crippen LogP contribution in [0.5, 0.6) is 0 Å². The third kappa shape index (κ3) is 60.2. The lowest BCUT2D eigenvalue weighted by molar-refractivity contribution is 1.21. The van der Waals surface area contributed by atoms with Crippen LogP contribution in [0, 0.1) is 0 Å². The van der Waals surface area contributed by atoms with Gasteiger partial charge in [-0.05, 0) is 26.2 Å². The predicted octanol–water partition coefficient (Wildman–Crippen LogP) is 7.11. The molecule has 0 unspecified atom stereocenters. The highest BCUT2D eigenvalue weighted by atomic mass is 13.8. The number of allylic oxidation sites excluding steroid dienone is 6. The summed E-state index contributed by atoms with van der Waals surface area (Å²) in [6.07, 6.45) is 13.5. The van der Waals surface area contributed by atoms with Gasteiger partial charge >= 0.3 is 0 Å². The Labute approximate surface area is 117 Å². The molecule has 0 fully saturated rings. The van der Waals surface area contributed by atoms with E-state index in [1.807, 2.05) is 40.7 Å². The molecule has 0 bridgehead atoms. The molecule has 0 aromatic heterocycles. The average molecular weight is 252 g/mol. The Morgan fingerprint density at radius 1 is 0.889 bits per heavy atom. The van der Waals surface area contributed by atoms with Crippen LogP contribution in [0.3, 0.4) is 0 Å². The third-order valence-corrected chi connectivity index (χ3v) is 1.37. The monoisotopic (exact) mass is 252 g/mol. The summed E-state index contributed by atoms with van der Waals surface area (Å²) in [7, 11) is 0. The molecular formula is C18H36. The van der Waals surface area contributed by atoms with Gasteiger partial charge in [0, 0.05) is 0 Å². The van der Waals surface area contributed by atoms with Crippen molar-refractivity contribution in [3.8, 4) is 0 Å². The molecule has 0 heterocycles. The van der Waals surface area contributed by atoms with E-state index in [0.29, 0.717) is 0 Å². The smallest absolute Gasteiger partial charge is 0.0141 e. The zero-order valence-corrected chi connectivity index (χ0v) is 13.9. The summed E-state index contributed by atoms with van der Waals surface area (Å²) >= 11 is 0. The largest absolute Gasteiger partial charge is 0.103 e. The second-order valence-electron chi connectivity index (χ2n) is 3.12. The summed E-state index contributed by atoms with van der Waals surface area (Å²) in [5.41, 5.74) is 1.21. The van der Waals surface area contributed by atoms with E-state index in [2.05, 4.69) is 51.3 Å². The van der Waals surface area contributed by atoms with Crippen molar-refractivity contribution in [1.29, 1.82) is 0 Å². The zero-order valence-electron chi connectivity index (χ0n) is 13.9. The molecule has 0 nitrogen and oxygen atoms in total. The van der Waals surface area contributed by atoms with Crippen molar-refractivity contribution < 1.29 is 0 Å². The van der Waals surface area contributed by atoms with Gasteiger partial charge in [0.15, 0.2) is 0 Å². The molecule has 108 valence electrons. The molecule has 18 heavy (non-hydrogen) atoms. The Morgan fingerprint density at radius 2 is 1.28 bits per heavy atom. The van der Waals surface area contributed by atoms with Gasteiger partial charge in [-0.3, -0.25) is 0 Å². The first-order valence-electron chi connectivity index (χ1n) is 7.25. The van der Waals surface area contributed by atoms with E-state index in [4.69, 9.17) is 0 Å². The minimum Gasteiger partial charge on any atom is -0.103 e. The molecule has 0 rings (SSSR count). The Balaban J connectivity index is -0.000000102. The Morgan fingerprint density at radius 3 is 1.56 bits per heavy atom. The maximum absolute atomic E-state index is 3.80. The number of hydrogen-bond donors (Lipinski definition) is 0. The molecule has 0 atom stereocenters. The van der Waals surface area contributed by atoms with Gasteiger partial charge in [-0.1, -0.05) is 84.1 Å². The second kappa shape index (κ2) is 36.0. The minimum absolute atomic E-state index is 0.994. The van der Waals surface area contributed by atoms with Gasteiger partial charge in [0.2, 0.25) is 0 Å². The van der Waals surface area contributed by atoms with Gasteiger partial charge in [-0.25, -0.2) is 0 Å². The summed E-state index contributed by atoms with van der Waals surface area (Å²) in [4.78, 5) is 0. The number of hydrogen-bond acceptors (Lipinski definition) is 0. The SMILES string of the molecule is C=C(C)C/C=C\C=C/CC.C=CCC.CC.CC. The van der Waals surface area contributed by atoms with Crippen LogP contribution in [0.2, 0.25) is 0 Å². The molecule has 0 N–H and O–H groups in total. The lowest BCUT2D eigenvalue weighted by Crippen LogP contribution is -1.65. The second-order valence-corrected chi connectivity index (χ2v) is 3.12. The van der Waals surface area contributed by atoms with Gasteiger partial charge in [0.05, 0.1) is 0 Å². The van der Waals surface area contributed by atoms with Gasteiger partial charge in [-0.2, -0.15) is 0 Å². The van der Waals surface area contributed by atoms with Crippen LogP contribution in [0.1, 0.15) is 67.7 Å². The Kier molecular flexibility index (Phi) is 51.5. The summed E-state index contributed by atoms with van der Waals surface area (Å²) in [6.45, 7) is 21.5. The first kappa shape index (κ1) is 25.7. The van der Waals surface area contributed by atoms with E-state index in [9.17, 15) is 0 Å². The van der Waals surface area contributed by atoms with Crippen LogP contribution < -0.4 is 0 Å². The van der Waals surface area contributed by atoms with Gasteiger partial charge in [0.1, 0.15) is 0 Å². The van der Waals surface area contributed by atoms with Crippen LogP contribution in [0.25, 0.3) is 0 Å². The minimum atomic E-state index is 0.994.